The van der Waals surface area contributed by atoms with Crippen molar-refractivity contribution in [2.45, 2.75) is 50.3 Å². The molecule has 5 heteroatoms. The number of benzene rings is 1. The van der Waals surface area contributed by atoms with Gasteiger partial charge in [-0.2, -0.15) is 0 Å². The molecule has 1 N–H and O–H groups in total. The third-order valence-corrected chi connectivity index (χ3v) is 5.70. The molecule has 1 aliphatic heterocycles. The molecular formula is C17H28N2O2S. The van der Waals surface area contributed by atoms with E-state index in [0.29, 0.717) is 11.4 Å². The highest BCUT2D eigenvalue weighted by Crippen LogP contribution is 2.12. The Labute approximate surface area is 135 Å². The van der Waals surface area contributed by atoms with Crippen molar-refractivity contribution in [3.8, 4) is 0 Å². The minimum absolute atomic E-state index is 0.367. The Kier molecular flexibility index (Phi) is 6.86. The van der Waals surface area contributed by atoms with Crippen LogP contribution >= 0.6 is 0 Å². The number of likely N-dealkylation sites (tertiary alicyclic amines) is 1. The Morgan fingerprint density at radius 3 is 2.41 bits per heavy atom. The van der Waals surface area contributed by atoms with Crippen LogP contribution in [0, 0.1) is 0 Å². The zero-order chi connectivity index (χ0) is 15.8. The largest absolute Gasteiger partial charge is 0.302 e. The van der Waals surface area contributed by atoms with Crippen LogP contribution in [-0.4, -0.2) is 39.5 Å². The van der Waals surface area contributed by atoms with E-state index in [1.807, 2.05) is 12.1 Å². The van der Waals surface area contributed by atoms with Gasteiger partial charge in [-0.1, -0.05) is 31.9 Å². The lowest BCUT2D eigenvalue weighted by Gasteiger charge is -2.26. The molecule has 1 aromatic carbocycles. The molecule has 1 saturated heterocycles. The molecule has 0 spiro atoms. The van der Waals surface area contributed by atoms with Gasteiger partial charge in [-0.3, -0.25) is 0 Å². The van der Waals surface area contributed by atoms with Crippen molar-refractivity contribution in [1.29, 1.82) is 0 Å². The quantitative estimate of drug-likeness (QED) is 0.800. The second-order valence-corrected chi connectivity index (χ2v) is 7.81. The van der Waals surface area contributed by atoms with Crippen molar-refractivity contribution in [3.05, 3.63) is 29.8 Å². The first-order valence-corrected chi connectivity index (χ1v) is 9.91. The minimum Gasteiger partial charge on any atom is -0.302 e. The van der Waals surface area contributed by atoms with Crippen molar-refractivity contribution >= 4 is 10.0 Å². The van der Waals surface area contributed by atoms with Gasteiger partial charge in [0.15, 0.2) is 0 Å². The van der Waals surface area contributed by atoms with Gasteiger partial charge in [-0.25, -0.2) is 13.1 Å². The molecule has 0 bridgehead atoms. The molecule has 22 heavy (non-hydrogen) atoms. The molecular weight excluding hydrogens is 296 g/mol. The van der Waals surface area contributed by atoms with E-state index in [-0.39, 0.29) is 0 Å². The first-order valence-electron chi connectivity index (χ1n) is 8.43. The monoisotopic (exact) mass is 324 g/mol. The van der Waals surface area contributed by atoms with Crippen LogP contribution in [0.25, 0.3) is 0 Å². The molecule has 2 rings (SSSR count). The van der Waals surface area contributed by atoms with E-state index < -0.39 is 10.0 Å². The van der Waals surface area contributed by atoms with Gasteiger partial charge in [-0.05, 0) is 56.5 Å². The Bertz CT molecular complexity index is 534. The first-order chi connectivity index (χ1) is 10.6. The van der Waals surface area contributed by atoms with Gasteiger partial charge in [0.1, 0.15) is 0 Å². The van der Waals surface area contributed by atoms with E-state index in [2.05, 4.69) is 16.5 Å². The second kappa shape index (κ2) is 8.65. The molecule has 0 unspecified atom stereocenters. The van der Waals surface area contributed by atoms with Crippen LogP contribution in [0.4, 0.5) is 0 Å². The molecule has 0 atom stereocenters. The smallest absolute Gasteiger partial charge is 0.240 e. The Hall–Kier alpha value is -0.910. The average Bonchev–Trinajstić information content (AvgIpc) is 2.54. The molecule has 4 nitrogen and oxygen atoms in total. The SMILES string of the molecule is CCCCc1ccc(S(=O)(=O)NCCN2CCCCC2)cc1. The Morgan fingerprint density at radius 1 is 1.09 bits per heavy atom. The van der Waals surface area contributed by atoms with E-state index in [0.717, 1.165) is 38.9 Å². The van der Waals surface area contributed by atoms with E-state index in [1.165, 1.54) is 24.8 Å². The minimum atomic E-state index is -3.38. The number of sulfonamides is 1. The van der Waals surface area contributed by atoms with Crippen molar-refractivity contribution < 1.29 is 8.42 Å². The van der Waals surface area contributed by atoms with E-state index in [4.69, 9.17) is 0 Å². The van der Waals surface area contributed by atoms with Gasteiger partial charge in [0.2, 0.25) is 10.0 Å². The number of hydrogen-bond acceptors (Lipinski definition) is 3. The molecule has 1 fully saturated rings. The summed E-state index contributed by atoms with van der Waals surface area (Å²) in [7, 11) is -3.38. The number of unbranched alkanes of at least 4 members (excludes halogenated alkanes) is 1. The maximum absolute atomic E-state index is 12.3. The van der Waals surface area contributed by atoms with Crippen molar-refractivity contribution in [2.75, 3.05) is 26.2 Å². The predicted octanol–water partition coefficient (Wildman–Crippen LogP) is 2.79. The van der Waals surface area contributed by atoms with Gasteiger partial charge >= 0.3 is 0 Å². The number of rotatable bonds is 8. The van der Waals surface area contributed by atoms with Crippen molar-refractivity contribution in [1.82, 2.24) is 9.62 Å². The zero-order valence-electron chi connectivity index (χ0n) is 13.6. The fraction of sp³-hybridized carbons (Fsp3) is 0.647. The molecule has 1 heterocycles. The zero-order valence-corrected chi connectivity index (χ0v) is 14.4. The number of piperidine rings is 1. The third kappa shape index (κ3) is 5.38. The average molecular weight is 324 g/mol. The summed E-state index contributed by atoms with van der Waals surface area (Å²) in [5, 5.41) is 0. The van der Waals surface area contributed by atoms with Gasteiger partial charge in [-0.15, -0.1) is 0 Å². The summed E-state index contributed by atoms with van der Waals surface area (Å²) in [5.74, 6) is 0. The summed E-state index contributed by atoms with van der Waals surface area (Å²) in [5.41, 5.74) is 1.20. The van der Waals surface area contributed by atoms with Crippen LogP contribution in [0.3, 0.4) is 0 Å². The standard InChI is InChI=1S/C17H28N2O2S/c1-2-3-7-16-8-10-17(11-9-16)22(20,21)18-12-15-19-13-5-4-6-14-19/h8-11,18H,2-7,12-15H2,1H3. The van der Waals surface area contributed by atoms with Crippen LogP contribution in [0.15, 0.2) is 29.2 Å². The predicted molar refractivity (Wildman–Crippen MR) is 90.5 cm³/mol. The van der Waals surface area contributed by atoms with Crippen molar-refractivity contribution in [2.24, 2.45) is 0 Å². The topological polar surface area (TPSA) is 49.4 Å². The maximum Gasteiger partial charge on any atom is 0.240 e. The van der Waals surface area contributed by atoms with E-state index in [9.17, 15) is 8.42 Å². The van der Waals surface area contributed by atoms with Crippen LogP contribution in [0.5, 0.6) is 0 Å². The van der Waals surface area contributed by atoms with Gasteiger partial charge in [0.05, 0.1) is 4.90 Å². The Morgan fingerprint density at radius 2 is 1.77 bits per heavy atom. The summed E-state index contributed by atoms with van der Waals surface area (Å²) in [6, 6.07) is 7.28. The summed E-state index contributed by atoms with van der Waals surface area (Å²) in [6.07, 6.45) is 7.06. The van der Waals surface area contributed by atoms with Crippen LogP contribution in [0.1, 0.15) is 44.6 Å². The van der Waals surface area contributed by atoms with Gasteiger partial charge in [0, 0.05) is 13.1 Å². The lowest BCUT2D eigenvalue weighted by atomic mass is 10.1. The fourth-order valence-electron chi connectivity index (χ4n) is 2.82. The Balaban J connectivity index is 1.83. The van der Waals surface area contributed by atoms with Crippen LogP contribution in [0.2, 0.25) is 0 Å². The number of nitrogens with zero attached hydrogens (tertiary/aromatic N) is 1. The highest BCUT2D eigenvalue weighted by atomic mass is 32.2. The highest BCUT2D eigenvalue weighted by Gasteiger charge is 2.15. The summed E-state index contributed by atoms with van der Waals surface area (Å²) >= 11 is 0. The first kappa shape index (κ1) is 17.4. The van der Waals surface area contributed by atoms with Gasteiger partial charge in [0.25, 0.3) is 0 Å². The summed E-state index contributed by atoms with van der Waals surface area (Å²) in [6.45, 7) is 5.63. The summed E-state index contributed by atoms with van der Waals surface area (Å²) in [4.78, 5) is 2.70. The fourth-order valence-corrected chi connectivity index (χ4v) is 3.84. The molecule has 0 saturated carbocycles. The molecule has 0 radical (unpaired) electrons. The maximum atomic E-state index is 12.3. The third-order valence-electron chi connectivity index (χ3n) is 4.22. The molecule has 0 aromatic heterocycles. The molecule has 0 amide bonds. The highest BCUT2D eigenvalue weighted by molar-refractivity contribution is 7.89. The summed E-state index contributed by atoms with van der Waals surface area (Å²) < 4.78 is 27.3. The molecule has 1 aromatic rings. The van der Waals surface area contributed by atoms with Crippen LogP contribution in [-0.2, 0) is 16.4 Å². The lowest BCUT2D eigenvalue weighted by molar-refractivity contribution is 0.233. The second-order valence-electron chi connectivity index (χ2n) is 6.05. The van der Waals surface area contributed by atoms with Crippen LogP contribution < -0.4 is 4.72 Å². The van der Waals surface area contributed by atoms with E-state index in [1.54, 1.807) is 12.1 Å². The number of hydrogen-bond donors (Lipinski definition) is 1. The number of aryl methyl sites for hydroxylation is 1. The molecule has 0 aliphatic carbocycles. The molecule has 1 aliphatic rings. The van der Waals surface area contributed by atoms with Gasteiger partial charge < -0.3 is 4.90 Å². The number of nitrogens with one attached hydrogen (secondary N) is 1. The van der Waals surface area contributed by atoms with Crippen molar-refractivity contribution in [3.63, 3.8) is 0 Å². The normalized spacial score (nSPS) is 16.8. The molecule has 124 valence electrons. The van der Waals surface area contributed by atoms with E-state index >= 15 is 0 Å². The lowest BCUT2D eigenvalue weighted by Crippen LogP contribution is -2.37.